The van der Waals surface area contributed by atoms with Crippen LogP contribution >= 0.6 is 8.15 Å². The molecule has 1 heterocycles. The summed E-state index contributed by atoms with van der Waals surface area (Å²) in [6.45, 7) is 6.92. The van der Waals surface area contributed by atoms with E-state index in [2.05, 4.69) is 37.9 Å². The zero-order valence-corrected chi connectivity index (χ0v) is 17.3. The van der Waals surface area contributed by atoms with Gasteiger partial charge >= 0.3 is 0 Å². The lowest BCUT2D eigenvalue weighted by molar-refractivity contribution is 0.0915. The molecular formula is C22H36NOP. The van der Waals surface area contributed by atoms with Gasteiger partial charge in [0.1, 0.15) is 6.10 Å². The molecule has 2 nitrogen and oxygen atoms in total. The van der Waals surface area contributed by atoms with E-state index in [1.54, 1.807) is 0 Å². The first-order valence-electron chi connectivity index (χ1n) is 10.4. The second-order valence-electron chi connectivity index (χ2n) is 9.05. The summed E-state index contributed by atoms with van der Waals surface area (Å²) in [4.78, 5) is 4.67. The Morgan fingerprint density at radius 2 is 1.48 bits per heavy atom. The quantitative estimate of drug-likeness (QED) is 0.515. The van der Waals surface area contributed by atoms with E-state index < -0.39 is 0 Å². The van der Waals surface area contributed by atoms with Crippen LogP contribution in [0.4, 0.5) is 0 Å². The van der Waals surface area contributed by atoms with Gasteiger partial charge in [0.15, 0.2) is 0 Å². The van der Waals surface area contributed by atoms with E-state index >= 15 is 0 Å². The number of hydrogen-bond donors (Lipinski definition) is 0. The Labute approximate surface area is 156 Å². The second-order valence-corrected chi connectivity index (χ2v) is 11.4. The van der Waals surface area contributed by atoms with Crippen molar-refractivity contribution in [2.24, 2.45) is 5.41 Å². The molecule has 1 aromatic rings. The van der Waals surface area contributed by atoms with E-state index in [1.807, 2.05) is 12.3 Å². The highest BCUT2D eigenvalue weighted by Gasteiger charge is 2.38. The highest BCUT2D eigenvalue weighted by molar-refractivity contribution is 7.54. The number of pyridine rings is 1. The van der Waals surface area contributed by atoms with Crippen LogP contribution in [0.5, 0.6) is 0 Å². The van der Waals surface area contributed by atoms with Crippen molar-refractivity contribution in [1.82, 2.24) is 4.98 Å². The maximum absolute atomic E-state index is 7.08. The van der Waals surface area contributed by atoms with Gasteiger partial charge in [-0.05, 0) is 43.2 Å². The number of aromatic nitrogens is 1. The molecule has 1 atom stereocenters. The third kappa shape index (κ3) is 5.27. The lowest BCUT2D eigenvalue weighted by Gasteiger charge is -2.42. The fourth-order valence-electron chi connectivity index (χ4n) is 4.45. The molecule has 2 aliphatic rings. The van der Waals surface area contributed by atoms with Crippen molar-refractivity contribution in [2.75, 3.05) is 0 Å². The molecule has 3 heteroatoms. The molecule has 0 bridgehead atoms. The van der Waals surface area contributed by atoms with Crippen LogP contribution in [0, 0.1) is 5.41 Å². The second kappa shape index (κ2) is 8.96. The molecule has 0 aliphatic heterocycles. The van der Waals surface area contributed by atoms with Crippen molar-refractivity contribution in [3.8, 4) is 0 Å². The number of hydrogen-bond acceptors (Lipinski definition) is 2. The Morgan fingerprint density at radius 3 is 1.92 bits per heavy atom. The highest BCUT2D eigenvalue weighted by atomic mass is 31.1. The van der Waals surface area contributed by atoms with Gasteiger partial charge in [-0.3, -0.25) is 4.98 Å². The molecule has 0 amide bonds. The van der Waals surface area contributed by atoms with Crippen LogP contribution in [0.15, 0.2) is 24.4 Å². The molecule has 25 heavy (non-hydrogen) atoms. The third-order valence-corrected chi connectivity index (χ3v) is 8.77. The standard InChI is InChI=1S/C22H36NOP/c1-22(2,3)21(20-16-10-11-17-23-20)24-25(18-12-6-4-7-13-18)19-14-8-5-9-15-19/h10-11,16-19,21H,4-9,12-15H2,1-3H3/t21-/m1/s1. The summed E-state index contributed by atoms with van der Waals surface area (Å²) in [7, 11) is -0.364. The zero-order chi connectivity index (χ0) is 17.7. The van der Waals surface area contributed by atoms with Crippen molar-refractivity contribution in [2.45, 2.75) is 102 Å². The lowest BCUT2D eigenvalue weighted by atomic mass is 9.87. The molecule has 3 rings (SSSR count). The van der Waals surface area contributed by atoms with Gasteiger partial charge in [-0.15, -0.1) is 0 Å². The van der Waals surface area contributed by atoms with Gasteiger partial charge in [0.2, 0.25) is 0 Å². The summed E-state index contributed by atoms with van der Waals surface area (Å²) in [5, 5.41) is 0. The monoisotopic (exact) mass is 361 g/mol. The molecule has 0 N–H and O–H groups in total. The van der Waals surface area contributed by atoms with E-state index in [9.17, 15) is 0 Å². The zero-order valence-electron chi connectivity index (χ0n) is 16.4. The summed E-state index contributed by atoms with van der Waals surface area (Å²) < 4.78 is 7.08. The summed E-state index contributed by atoms with van der Waals surface area (Å²) in [6, 6.07) is 6.27. The van der Waals surface area contributed by atoms with E-state index in [4.69, 9.17) is 4.52 Å². The topological polar surface area (TPSA) is 22.1 Å². The van der Waals surface area contributed by atoms with E-state index in [1.165, 1.54) is 64.2 Å². The molecule has 2 aliphatic carbocycles. The maximum Gasteiger partial charge on any atom is 0.108 e. The van der Waals surface area contributed by atoms with Crippen LogP contribution < -0.4 is 0 Å². The normalized spacial score (nSPS) is 22.2. The maximum atomic E-state index is 7.08. The Morgan fingerprint density at radius 1 is 0.920 bits per heavy atom. The van der Waals surface area contributed by atoms with Crippen LogP contribution in [-0.4, -0.2) is 16.3 Å². The van der Waals surface area contributed by atoms with Crippen molar-refractivity contribution in [3.05, 3.63) is 30.1 Å². The van der Waals surface area contributed by atoms with E-state index in [0.717, 1.165) is 17.0 Å². The SMILES string of the molecule is CC(C)(C)[C@H](OP(C1CCCCC1)C1CCCCC1)c1ccccn1. The van der Waals surface area contributed by atoms with Gasteiger partial charge in [-0.2, -0.15) is 0 Å². The van der Waals surface area contributed by atoms with Crippen LogP contribution in [0.1, 0.15) is 96.8 Å². The lowest BCUT2D eigenvalue weighted by Crippen LogP contribution is -2.27. The molecule has 0 unspecified atom stereocenters. The van der Waals surface area contributed by atoms with Crippen molar-refractivity contribution < 1.29 is 4.52 Å². The first-order chi connectivity index (χ1) is 12.1. The van der Waals surface area contributed by atoms with Crippen LogP contribution in [0.3, 0.4) is 0 Å². The first-order valence-corrected chi connectivity index (χ1v) is 11.8. The van der Waals surface area contributed by atoms with Crippen LogP contribution in [0.2, 0.25) is 0 Å². The Kier molecular flexibility index (Phi) is 6.92. The summed E-state index contributed by atoms with van der Waals surface area (Å²) in [5.74, 6) is 0. The minimum atomic E-state index is -0.364. The molecule has 140 valence electrons. The first kappa shape index (κ1) is 19.3. The fraction of sp³-hybridized carbons (Fsp3) is 0.773. The summed E-state index contributed by atoms with van der Waals surface area (Å²) >= 11 is 0. The smallest absolute Gasteiger partial charge is 0.108 e. The summed E-state index contributed by atoms with van der Waals surface area (Å²) in [5.41, 5.74) is 2.84. The number of nitrogens with zero attached hydrogens (tertiary/aromatic N) is 1. The van der Waals surface area contributed by atoms with Gasteiger partial charge in [-0.1, -0.05) is 65.4 Å². The highest BCUT2D eigenvalue weighted by Crippen LogP contribution is 2.60. The molecule has 0 saturated heterocycles. The van der Waals surface area contributed by atoms with Gasteiger partial charge in [-0.25, -0.2) is 0 Å². The van der Waals surface area contributed by atoms with Crippen LogP contribution in [-0.2, 0) is 4.52 Å². The third-order valence-electron chi connectivity index (χ3n) is 5.84. The summed E-state index contributed by atoms with van der Waals surface area (Å²) in [6.07, 6.45) is 16.1. The molecule has 0 radical (unpaired) electrons. The fourth-order valence-corrected chi connectivity index (χ4v) is 7.81. The average molecular weight is 362 g/mol. The number of rotatable bonds is 5. The largest absolute Gasteiger partial charge is 0.349 e. The van der Waals surface area contributed by atoms with Crippen molar-refractivity contribution in [3.63, 3.8) is 0 Å². The Balaban J connectivity index is 1.82. The van der Waals surface area contributed by atoms with Gasteiger partial charge in [0.25, 0.3) is 0 Å². The Hall–Kier alpha value is -0.460. The minimum absolute atomic E-state index is 0.0816. The molecular weight excluding hydrogens is 325 g/mol. The molecule has 2 fully saturated rings. The predicted octanol–water partition coefficient (Wildman–Crippen LogP) is 7.25. The minimum Gasteiger partial charge on any atom is -0.349 e. The van der Waals surface area contributed by atoms with Crippen LogP contribution in [0.25, 0.3) is 0 Å². The molecule has 2 saturated carbocycles. The van der Waals surface area contributed by atoms with Crippen molar-refractivity contribution >= 4 is 8.15 Å². The molecule has 0 aromatic carbocycles. The molecule has 0 spiro atoms. The van der Waals surface area contributed by atoms with E-state index in [-0.39, 0.29) is 19.7 Å². The van der Waals surface area contributed by atoms with Crippen molar-refractivity contribution in [1.29, 1.82) is 0 Å². The molecule has 1 aromatic heterocycles. The van der Waals surface area contributed by atoms with E-state index in [0.29, 0.717) is 0 Å². The van der Waals surface area contributed by atoms with Gasteiger partial charge < -0.3 is 4.52 Å². The average Bonchev–Trinajstić information content (AvgIpc) is 2.63. The van der Waals surface area contributed by atoms with Gasteiger partial charge in [0, 0.05) is 25.7 Å². The predicted molar refractivity (Wildman–Crippen MR) is 108 cm³/mol. The Bertz CT molecular complexity index is 483. The van der Waals surface area contributed by atoms with Gasteiger partial charge in [0.05, 0.1) is 5.69 Å².